The minimum atomic E-state index is -0.422. The van der Waals surface area contributed by atoms with Crippen LogP contribution in [0.2, 0.25) is 5.02 Å². The number of halogens is 1. The third-order valence-corrected chi connectivity index (χ3v) is 5.42. The molecule has 1 aliphatic rings. The van der Waals surface area contributed by atoms with Crippen LogP contribution in [0.4, 0.5) is 0 Å². The van der Waals surface area contributed by atoms with E-state index in [1.54, 1.807) is 6.07 Å². The first-order chi connectivity index (χ1) is 13.0. The molecule has 0 bridgehead atoms. The summed E-state index contributed by atoms with van der Waals surface area (Å²) in [6, 6.07) is 13.2. The molecule has 0 radical (unpaired) electrons. The number of hydrogen-bond donors (Lipinski definition) is 0. The number of carbonyl (C=O) groups is 2. The van der Waals surface area contributed by atoms with Gasteiger partial charge in [-0.3, -0.25) is 4.79 Å². The van der Waals surface area contributed by atoms with E-state index in [0.717, 1.165) is 23.2 Å². The Morgan fingerprint density at radius 1 is 1.22 bits per heavy atom. The maximum absolute atomic E-state index is 12.9. The molecule has 1 aromatic heterocycles. The van der Waals surface area contributed by atoms with Gasteiger partial charge in [0.2, 0.25) is 0 Å². The Morgan fingerprint density at radius 2 is 2.00 bits per heavy atom. The van der Waals surface area contributed by atoms with Gasteiger partial charge in [-0.25, -0.2) is 4.79 Å². The SMILES string of the molecule is COC(=O)c1cccc2c1c1c(n2Cc2cccc(Cl)c2)CC(C)CC1=O. The van der Waals surface area contributed by atoms with Crippen LogP contribution >= 0.6 is 11.6 Å². The Morgan fingerprint density at radius 3 is 2.74 bits per heavy atom. The maximum Gasteiger partial charge on any atom is 0.338 e. The number of esters is 1. The topological polar surface area (TPSA) is 48.3 Å². The van der Waals surface area contributed by atoms with Gasteiger partial charge in [0.25, 0.3) is 0 Å². The number of ether oxygens (including phenoxy) is 1. The number of rotatable bonds is 3. The van der Waals surface area contributed by atoms with E-state index >= 15 is 0 Å². The second kappa shape index (κ2) is 6.86. The lowest BCUT2D eigenvalue weighted by Gasteiger charge is -2.20. The van der Waals surface area contributed by atoms with Crippen molar-refractivity contribution in [2.45, 2.75) is 26.3 Å². The van der Waals surface area contributed by atoms with Crippen molar-refractivity contribution < 1.29 is 14.3 Å². The first kappa shape index (κ1) is 17.8. The standard InChI is InChI=1S/C22H20ClNO3/c1-13-9-18-21(19(25)10-13)20-16(22(26)27-2)7-4-8-17(20)24(18)12-14-5-3-6-15(23)11-14/h3-8,11,13H,9-10,12H2,1-2H3. The molecule has 0 spiro atoms. The summed E-state index contributed by atoms with van der Waals surface area (Å²) in [5.41, 5.74) is 4.04. The highest BCUT2D eigenvalue weighted by atomic mass is 35.5. The highest BCUT2D eigenvalue weighted by Crippen LogP contribution is 2.37. The van der Waals surface area contributed by atoms with Crippen molar-refractivity contribution in [2.24, 2.45) is 5.92 Å². The summed E-state index contributed by atoms with van der Waals surface area (Å²) < 4.78 is 7.11. The molecule has 5 heteroatoms. The number of methoxy groups -OCH3 is 1. The average Bonchev–Trinajstić information content (AvgIpc) is 2.95. The molecule has 0 saturated carbocycles. The summed E-state index contributed by atoms with van der Waals surface area (Å²) in [6.07, 6.45) is 1.30. The van der Waals surface area contributed by atoms with Crippen LogP contribution in [0.1, 0.15) is 45.3 Å². The Balaban J connectivity index is 1.99. The molecular weight excluding hydrogens is 362 g/mol. The van der Waals surface area contributed by atoms with Gasteiger partial charge < -0.3 is 9.30 Å². The Kier molecular flexibility index (Phi) is 4.52. The Bertz CT molecular complexity index is 1070. The van der Waals surface area contributed by atoms with Crippen LogP contribution in [0.25, 0.3) is 10.9 Å². The van der Waals surface area contributed by atoms with Crippen molar-refractivity contribution in [2.75, 3.05) is 7.11 Å². The van der Waals surface area contributed by atoms with E-state index in [9.17, 15) is 9.59 Å². The molecule has 4 rings (SSSR count). The molecule has 1 unspecified atom stereocenters. The lowest BCUT2D eigenvalue weighted by atomic mass is 9.86. The van der Waals surface area contributed by atoms with Gasteiger partial charge in [-0.1, -0.05) is 36.7 Å². The van der Waals surface area contributed by atoms with Gasteiger partial charge in [-0.15, -0.1) is 0 Å². The van der Waals surface area contributed by atoms with E-state index in [1.807, 2.05) is 36.4 Å². The molecule has 0 N–H and O–H groups in total. The lowest BCUT2D eigenvalue weighted by Crippen LogP contribution is -2.20. The van der Waals surface area contributed by atoms with Crippen LogP contribution in [-0.4, -0.2) is 23.4 Å². The molecular formula is C22H20ClNO3. The zero-order valence-electron chi connectivity index (χ0n) is 15.3. The van der Waals surface area contributed by atoms with Gasteiger partial charge in [0.1, 0.15) is 0 Å². The smallest absolute Gasteiger partial charge is 0.338 e. The van der Waals surface area contributed by atoms with Crippen molar-refractivity contribution >= 4 is 34.3 Å². The number of hydrogen-bond acceptors (Lipinski definition) is 3. The fraction of sp³-hybridized carbons (Fsp3) is 0.273. The predicted molar refractivity (Wildman–Crippen MR) is 106 cm³/mol. The number of Topliss-reactive ketones (excluding diaryl/α,β-unsaturated/α-hetero) is 1. The van der Waals surface area contributed by atoms with Crippen molar-refractivity contribution in [3.05, 3.63) is 69.9 Å². The van der Waals surface area contributed by atoms with Gasteiger partial charge in [0.05, 0.1) is 18.2 Å². The van der Waals surface area contributed by atoms with Crippen LogP contribution in [-0.2, 0) is 17.7 Å². The van der Waals surface area contributed by atoms with E-state index in [0.29, 0.717) is 34.5 Å². The molecule has 2 aromatic carbocycles. The quantitative estimate of drug-likeness (QED) is 0.606. The van der Waals surface area contributed by atoms with Crippen LogP contribution in [0, 0.1) is 5.92 Å². The minimum Gasteiger partial charge on any atom is -0.465 e. The number of fused-ring (bicyclic) bond motifs is 3. The van der Waals surface area contributed by atoms with Gasteiger partial charge in [0.15, 0.2) is 5.78 Å². The summed E-state index contributed by atoms with van der Waals surface area (Å²) in [5, 5.41) is 1.39. The average molecular weight is 382 g/mol. The van der Waals surface area contributed by atoms with Crippen molar-refractivity contribution in [1.29, 1.82) is 0 Å². The number of aromatic nitrogens is 1. The monoisotopic (exact) mass is 381 g/mol. The van der Waals surface area contributed by atoms with Crippen molar-refractivity contribution in [3.8, 4) is 0 Å². The predicted octanol–water partition coefficient (Wildman–Crippen LogP) is 4.89. The maximum atomic E-state index is 12.9. The van der Waals surface area contributed by atoms with Crippen LogP contribution < -0.4 is 0 Å². The fourth-order valence-electron chi connectivity index (χ4n) is 4.06. The molecule has 4 nitrogen and oxygen atoms in total. The van der Waals surface area contributed by atoms with Gasteiger partial charge >= 0.3 is 5.97 Å². The molecule has 138 valence electrons. The summed E-state index contributed by atoms with van der Waals surface area (Å²) in [4.78, 5) is 25.2. The zero-order chi connectivity index (χ0) is 19.1. The van der Waals surface area contributed by atoms with E-state index in [1.165, 1.54) is 7.11 Å². The Hall–Kier alpha value is -2.59. The van der Waals surface area contributed by atoms with Crippen molar-refractivity contribution in [1.82, 2.24) is 4.57 Å². The lowest BCUT2D eigenvalue weighted by molar-refractivity contribution is 0.0603. The van der Waals surface area contributed by atoms with E-state index in [-0.39, 0.29) is 11.7 Å². The summed E-state index contributed by atoms with van der Waals surface area (Å²) in [6.45, 7) is 2.68. The third-order valence-electron chi connectivity index (χ3n) is 5.19. The van der Waals surface area contributed by atoms with E-state index < -0.39 is 5.97 Å². The van der Waals surface area contributed by atoms with Gasteiger partial charge in [0, 0.05) is 34.6 Å². The number of ketones is 1. The van der Waals surface area contributed by atoms with Crippen LogP contribution in [0.5, 0.6) is 0 Å². The largest absolute Gasteiger partial charge is 0.465 e. The van der Waals surface area contributed by atoms with Crippen molar-refractivity contribution in [3.63, 3.8) is 0 Å². The summed E-state index contributed by atoms with van der Waals surface area (Å²) in [7, 11) is 1.36. The highest BCUT2D eigenvalue weighted by Gasteiger charge is 2.31. The molecule has 0 aliphatic heterocycles. The zero-order valence-corrected chi connectivity index (χ0v) is 16.0. The highest BCUT2D eigenvalue weighted by molar-refractivity contribution is 6.30. The summed E-state index contributed by atoms with van der Waals surface area (Å²) >= 11 is 6.15. The Labute approximate surface area is 162 Å². The molecule has 0 amide bonds. The van der Waals surface area contributed by atoms with Crippen LogP contribution in [0.3, 0.4) is 0 Å². The van der Waals surface area contributed by atoms with E-state index in [2.05, 4.69) is 11.5 Å². The summed E-state index contributed by atoms with van der Waals surface area (Å²) in [5.74, 6) is -0.0568. The molecule has 0 fully saturated rings. The first-order valence-electron chi connectivity index (χ1n) is 8.99. The minimum absolute atomic E-state index is 0.0925. The first-order valence-corrected chi connectivity index (χ1v) is 9.37. The number of benzene rings is 2. The second-order valence-electron chi connectivity index (χ2n) is 7.17. The molecule has 1 aliphatic carbocycles. The second-order valence-corrected chi connectivity index (χ2v) is 7.60. The molecule has 1 atom stereocenters. The normalized spacial score (nSPS) is 16.4. The molecule has 0 saturated heterocycles. The van der Waals surface area contributed by atoms with E-state index in [4.69, 9.17) is 16.3 Å². The van der Waals surface area contributed by atoms with Gasteiger partial charge in [-0.05, 0) is 42.2 Å². The molecule has 3 aromatic rings. The van der Waals surface area contributed by atoms with Gasteiger partial charge in [-0.2, -0.15) is 0 Å². The number of carbonyl (C=O) groups excluding carboxylic acids is 2. The number of nitrogens with zero attached hydrogens (tertiary/aromatic N) is 1. The molecule has 1 heterocycles. The molecule has 27 heavy (non-hydrogen) atoms. The van der Waals surface area contributed by atoms with Crippen LogP contribution in [0.15, 0.2) is 42.5 Å². The third kappa shape index (κ3) is 3.04. The fourth-order valence-corrected chi connectivity index (χ4v) is 4.28.